The van der Waals surface area contributed by atoms with E-state index < -0.39 is 0 Å². The van der Waals surface area contributed by atoms with Gasteiger partial charge >= 0.3 is 6.03 Å². The Labute approximate surface area is 132 Å². The van der Waals surface area contributed by atoms with Crippen LogP contribution in [0.15, 0.2) is 36.4 Å². The fourth-order valence-corrected chi connectivity index (χ4v) is 3.44. The first kappa shape index (κ1) is 15.1. The van der Waals surface area contributed by atoms with Crippen LogP contribution in [0.4, 0.5) is 10.5 Å². The molecule has 0 unspecified atom stereocenters. The molecule has 2 aliphatic rings. The van der Waals surface area contributed by atoms with Gasteiger partial charge in [-0.25, -0.2) is 4.79 Å². The van der Waals surface area contributed by atoms with E-state index in [1.54, 1.807) is 7.11 Å². The van der Waals surface area contributed by atoms with E-state index in [1.165, 1.54) is 5.56 Å². The summed E-state index contributed by atoms with van der Waals surface area (Å²) in [7, 11) is 1.71. The van der Waals surface area contributed by atoms with Crippen LogP contribution in [0.1, 0.15) is 19.4 Å². The second-order valence-electron chi connectivity index (χ2n) is 6.60. The highest BCUT2D eigenvalue weighted by atomic mass is 16.5. The summed E-state index contributed by atoms with van der Waals surface area (Å²) in [6.07, 6.45) is 4.16. The van der Waals surface area contributed by atoms with Crippen LogP contribution in [-0.2, 0) is 4.74 Å². The molecule has 0 bridgehead atoms. The van der Waals surface area contributed by atoms with Crippen LogP contribution >= 0.6 is 0 Å². The van der Waals surface area contributed by atoms with Gasteiger partial charge in [0.15, 0.2) is 0 Å². The standard InChI is InChI=1S/C18H24N2O2/c1-12(2)11-19-17-15(9-10-16(17)22-4)20(18(19)21)14-7-5-13(3)6-8-14/h5-10,12,15-17H,11H2,1-4H3/t15-,16-,17-/m0/s1. The predicted octanol–water partition coefficient (Wildman–Crippen LogP) is 3.22. The van der Waals surface area contributed by atoms with Crippen molar-refractivity contribution in [2.45, 2.75) is 39.0 Å². The number of hydrogen-bond donors (Lipinski definition) is 0. The smallest absolute Gasteiger partial charge is 0.325 e. The first-order chi connectivity index (χ1) is 10.5. The molecule has 3 rings (SSSR count). The molecular weight excluding hydrogens is 276 g/mol. The van der Waals surface area contributed by atoms with Crippen LogP contribution < -0.4 is 4.90 Å². The van der Waals surface area contributed by atoms with Crippen LogP contribution in [0, 0.1) is 12.8 Å². The zero-order valence-corrected chi connectivity index (χ0v) is 13.7. The molecule has 0 aromatic heterocycles. The molecule has 1 saturated heterocycles. The Hall–Kier alpha value is -1.81. The maximum atomic E-state index is 13.0. The number of hydrogen-bond acceptors (Lipinski definition) is 2. The minimum absolute atomic E-state index is 0.0249. The van der Waals surface area contributed by atoms with Gasteiger partial charge in [0.05, 0.1) is 18.2 Å². The molecule has 3 atom stereocenters. The number of fused-ring (bicyclic) bond motifs is 1. The minimum Gasteiger partial charge on any atom is -0.375 e. The summed E-state index contributed by atoms with van der Waals surface area (Å²) in [6, 6.07) is 8.36. The van der Waals surface area contributed by atoms with Crippen LogP contribution in [-0.4, -0.2) is 42.8 Å². The average molecular weight is 300 g/mol. The summed E-state index contributed by atoms with van der Waals surface area (Å²) in [5, 5.41) is 0. The number of benzene rings is 1. The van der Waals surface area contributed by atoms with Gasteiger partial charge in [0.25, 0.3) is 0 Å². The summed E-state index contributed by atoms with van der Waals surface area (Å²) in [4.78, 5) is 16.8. The normalized spacial score (nSPS) is 27.1. The maximum Gasteiger partial charge on any atom is 0.325 e. The van der Waals surface area contributed by atoms with Crippen molar-refractivity contribution in [1.29, 1.82) is 0 Å². The molecule has 1 aliphatic carbocycles. The lowest BCUT2D eigenvalue weighted by Gasteiger charge is -2.28. The van der Waals surface area contributed by atoms with E-state index in [4.69, 9.17) is 4.74 Å². The van der Waals surface area contributed by atoms with E-state index in [0.717, 1.165) is 12.2 Å². The Morgan fingerprint density at radius 3 is 2.45 bits per heavy atom. The number of urea groups is 1. The van der Waals surface area contributed by atoms with Crippen molar-refractivity contribution < 1.29 is 9.53 Å². The topological polar surface area (TPSA) is 32.8 Å². The Morgan fingerprint density at radius 2 is 1.86 bits per heavy atom. The summed E-state index contributed by atoms with van der Waals surface area (Å²) in [6.45, 7) is 7.09. The van der Waals surface area contributed by atoms with Gasteiger partial charge < -0.3 is 9.64 Å². The van der Waals surface area contributed by atoms with Crippen molar-refractivity contribution in [3.05, 3.63) is 42.0 Å². The molecule has 0 radical (unpaired) electrons. The Bertz CT molecular complexity index is 579. The van der Waals surface area contributed by atoms with E-state index in [-0.39, 0.29) is 24.2 Å². The monoisotopic (exact) mass is 300 g/mol. The molecule has 0 saturated carbocycles. The van der Waals surface area contributed by atoms with Crippen LogP contribution in [0.2, 0.25) is 0 Å². The average Bonchev–Trinajstić information content (AvgIpc) is 3.00. The van der Waals surface area contributed by atoms with Gasteiger partial charge in [-0.15, -0.1) is 0 Å². The Morgan fingerprint density at radius 1 is 1.18 bits per heavy atom. The third kappa shape index (κ3) is 2.41. The van der Waals surface area contributed by atoms with E-state index in [0.29, 0.717) is 5.92 Å². The molecule has 1 heterocycles. The number of anilines is 1. The molecule has 4 nitrogen and oxygen atoms in total. The van der Waals surface area contributed by atoms with Crippen LogP contribution in [0.3, 0.4) is 0 Å². The largest absolute Gasteiger partial charge is 0.375 e. The SMILES string of the molecule is CO[C@H]1C=C[C@H]2[C@@H]1N(CC(C)C)C(=O)N2c1ccc(C)cc1. The molecular formula is C18H24N2O2. The van der Waals surface area contributed by atoms with E-state index in [2.05, 4.69) is 45.1 Å². The van der Waals surface area contributed by atoms with E-state index in [9.17, 15) is 4.79 Å². The fraction of sp³-hybridized carbons (Fsp3) is 0.500. The molecule has 2 amide bonds. The molecule has 4 heteroatoms. The number of nitrogens with zero attached hydrogens (tertiary/aromatic N) is 2. The lowest BCUT2D eigenvalue weighted by atomic mass is 10.1. The highest BCUT2D eigenvalue weighted by Gasteiger charge is 2.50. The highest BCUT2D eigenvalue weighted by molar-refractivity contribution is 5.96. The third-order valence-electron chi connectivity index (χ3n) is 4.44. The number of ether oxygens (including phenoxy) is 1. The third-order valence-corrected chi connectivity index (χ3v) is 4.44. The van der Waals surface area contributed by atoms with Gasteiger partial charge in [0.2, 0.25) is 0 Å². The van der Waals surface area contributed by atoms with Gasteiger partial charge in [-0.05, 0) is 25.0 Å². The van der Waals surface area contributed by atoms with Crippen LogP contribution in [0.5, 0.6) is 0 Å². The van der Waals surface area contributed by atoms with E-state index in [1.807, 2.05) is 21.9 Å². The van der Waals surface area contributed by atoms with Crippen molar-refractivity contribution in [3.63, 3.8) is 0 Å². The molecule has 118 valence electrons. The minimum atomic E-state index is -0.0249. The first-order valence-electron chi connectivity index (χ1n) is 7.90. The second kappa shape index (κ2) is 5.76. The molecule has 0 N–H and O–H groups in total. The number of methoxy groups -OCH3 is 1. The molecule has 0 spiro atoms. The number of aryl methyl sites for hydroxylation is 1. The molecule has 1 aromatic carbocycles. The Balaban J connectivity index is 1.96. The summed E-state index contributed by atoms with van der Waals surface area (Å²) in [5.41, 5.74) is 2.15. The quantitative estimate of drug-likeness (QED) is 0.800. The number of amides is 2. The Kier molecular flexibility index (Phi) is 3.96. The van der Waals surface area contributed by atoms with Crippen molar-refractivity contribution in [3.8, 4) is 0 Å². The van der Waals surface area contributed by atoms with Crippen molar-refractivity contribution in [2.75, 3.05) is 18.6 Å². The first-order valence-corrected chi connectivity index (χ1v) is 7.90. The molecule has 1 fully saturated rings. The van der Waals surface area contributed by atoms with E-state index >= 15 is 0 Å². The van der Waals surface area contributed by atoms with Gasteiger partial charge in [-0.3, -0.25) is 4.90 Å². The highest BCUT2D eigenvalue weighted by Crippen LogP contribution is 2.36. The molecule has 22 heavy (non-hydrogen) atoms. The number of rotatable bonds is 4. The summed E-state index contributed by atoms with van der Waals surface area (Å²) in [5.74, 6) is 0.431. The van der Waals surface area contributed by atoms with Crippen LogP contribution in [0.25, 0.3) is 0 Å². The number of carbonyl (C=O) groups is 1. The molecule has 1 aromatic rings. The summed E-state index contributed by atoms with van der Waals surface area (Å²) >= 11 is 0. The zero-order chi connectivity index (χ0) is 15.9. The summed E-state index contributed by atoms with van der Waals surface area (Å²) < 4.78 is 5.58. The molecule has 1 aliphatic heterocycles. The lowest BCUT2D eigenvalue weighted by Crippen LogP contribution is -2.44. The maximum absolute atomic E-state index is 13.0. The van der Waals surface area contributed by atoms with Gasteiger partial charge in [-0.2, -0.15) is 0 Å². The number of carbonyl (C=O) groups excluding carboxylic acids is 1. The zero-order valence-electron chi connectivity index (χ0n) is 13.7. The van der Waals surface area contributed by atoms with Gasteiger partial charge in [-0.1, -0.05) is 43.7 Å². The second-order valence-corrected chi connectivity index (χ2v) is 6.60. The van der Waals surface area contributed by atoms with Gasteiger partial charge in [0.1, 0.15) is 0 Å². The van der Waals surface area contributed by atoms with Crippen molar-refractivity contribution in [1.82, 2.24) is 4.90 Å². The van der Waals surface area contributed by atoms with Crippen molar-refractivity contribution >= 4 is 11.7 Å². The fourth-order valence-electron chi connectivity index (χ4n) is 3.44. The van der Waals surface area contributed by atoms with Gasteiger partial charge in [0, 0.05) is 19.3 Å². The lowest BCUT2D eigenvalue weighted by molar-refractivity contribution is 0.0738. The van der Waals surface area contributed by atoms with Crippen molar-refractivity contribution in [2.24, 2.45) is 5.92 Å². The predicted molar refractivity (Wildman–Crippen MR) is 88.1 cm³/mol.